The lowest BCUT2D eigenvalue weighted by Crippen LogP contribution is -2.34. The molecule has 0 aromatic carbocycles. The molecule has 5 nitrogen and oxygen atoms in total. The Labute approximate surface area is 217 Å². The highest BCUT2D eigenvalue weighted by molar-refractivity contribution is 4.79. The van der Waals surface area contributed by atoms with E-state index in [0.29, 0.717) is 0 Å². The topological polar surface area (TPSA) is 52.8 Å². The van der Waals surface area contributed by atoms with E-state index in [1.807, 2.05) is 0 Å². The lowest BCUT2D eigenvalue weighted by molar-refractivity contribution is -0.256. The van der Waals surface area contributed by atoms with E-state index in [0.717, 1.165) is 39.3 Å². The zero-order valence-corrected chi connectivity index (χ0v) is 23.3. The highest BCUT2D eigenvalue weighted by Gasteiger charge is 2.41. The van der Waals surface area contributed by atoms with Gasteiger partial charge in [0.15, 0.2) is 12.6 Å². The van der Waals surface area contributed by atoms with Crippen LogP contribution in [0.2, 0.25) is 0 Å². The summed E-state index contributed by atoms with van der Waals surface area (Å²) >= 11 is 0. The molecule has 4 atom stereocenters. The van der Waals surface area contributed by atoms with Gasteiger partial charge in [-0.15, -0.1) is 0 Å². The third-order valence-corrected chi connectivity index (χ3v) is 7.15. The molecule has 2 saturated heterocycles. The van der Waals surface area contributed by atoms with Gasteiger partial charge in [-0.1, -0.05) is 129 Å². The summed E-state index contributed by atoms with van der Waals surface area (Å²) in [6.07, 6.45) is 26.1. The van der Waals surface area contributed by atoms with Crippen molar-refractivity contribution in [2.24, 2.45) is 0 Å². The van der Waals surface area contributed by atoms with Gasteiger partial charge in [0.25, 0.3) is 0 Å². The van der Waals surface area contributed by atoms with Crippen molar-refractivity contribution in [2.45, 2.75) is 167 Å². The summed E-state index contributed by atoms with van der Waals surface area (Å²) in [5.41, 5.74) is 0. The normalized spacial score (nSPS) is 20.7. The van der Waals surface area contributed by atoms with E-state index in [-0.39, 0.29) is 24.8 Å². The molecule has 2 aliphatic rings. The summed E-state index contributed by atoms with van der Waals surface area (Å²) < 4.78 is 29.3. The molecule has 0 amide bonds. The van der Waals surface area contributed by atoms with Gasteiger partial charge in [0.2, 0.25) is 0 Å². The van der Waals surface area contributed by atoms with Crippen LogP contribution in [-0.4, -0.2) is 51.2 Å². The average molecular weight is 499 g/mol. The maximum atomic E-state index is 6.19. The van der Waals surface area contributed by atoms with Crippen LogP contribution in [0.5, 0.6) is 0 Å². The van der Waals surface area contributed by atoms with E-state index >= 15 is 0 Å². The molecule has 0 radical (unpaired) electrons. The fourth-order valence-corrected chi connectivity index (χ4v) is 4.60. The number of hydrogen-bond acceptors (Lipinski definition) is 5. The Balaban J connectivity index is 1.45. The van der Waals surface area contributed by atoms with Crippen molar-refractivity contribution in [3.8, 4) is 0 Å². The lowest BCUT2D eigenvalue weighted by atomic mass is 10.1. The highest BCUT2D eigenvalue weighted by atomic mass is 16.8. The Morgan fingerprint density at radius 2 is 0.771 bits per heavy atom. The van der Waals surface area contributed by atoms with Crippen LogP contribution in [0.4, 0.5) is 0 Å². The minimum Gasteiger partial charge on any atom is -0.368 e. The van der Waals surface area contributed by atoms with Crippen molar-refractivity contribution in [3.05, 3.63) is 0 Å². The van der Waals surface area contributed by atoms with Crippen molar-refractivity contribution in [2.75, 3.05) is 26.4 Å². The van der Waals surface area contributed by atoms with Gasteiger partial charge >= 0.3 is 0 Å². The Hall–Kier alpha value is -0.200. The second-order valence-electron chi connectivity index (χ2n) is 10.7. The molecule has 2 fully saturated rings. The fraction of sp³-hybridized carbons (Fsp3) is 1.00. The van der Waals surface area contributed by atoms with Crippen LogP contribution < -0.4 is 0 Å². The summed E-state index contributed by atoms with van der Waals surface area (Å²) in [5.74, 6) is 0. The molecule has 0 saturated carbocycles. The Bertz CT molecular complexity index is 412. The second-order valence-corrected chi connectivity index (χ2v) is 10.7. The Kier molecular flexibility index (Phi) is 19.4. The van der Waals surface area contributed by atoms with Crippen LogP contribution in [0, 0.1) is 0 Å². The first-order chi connectivity index (χ1) is 17.3. The van der Waals surface area contributed by atoms with Crippen molar-refractivity contribution >= 4 is 0 Å². The molecule has 0 spiro atoms. The SMILES string of the molecule is CCCCCCCCCCCCOC(OC(OCCCCCCCCCCCC)C1CO1)C1CO1. The quantitative estimate of drug-likeness (QED) is 0.0616. The van der Waals surface area contributed by atoms with Gasteiger partial charge in [-0.05, 0) is 12.8 Å². The zero-order chi connectivity index (χ0) is 24.8. The Morgan fingerprint density at radius 3 is 1.06 bits per heavy atom. The lowest BCUT2D eigenvalue weighted by Gasteiger charge is -2.23. The summed E-state index contributed by atoms with van der Waals surface area (Å²) in [4.78, 5) is 0. The molecule has 0 bridgehead atoms. The summed E-state index contributed by atoms with van der Waals surface area (Å²) in [5, 5.41) is 0. The first-order valence-electron chi connectivity index (χ1n) is 15.5. The first-order valence-corrected chi connectivity index (χ1v) is 15.5. The van der Waals surface area contributed by atoms with Gasteiger partial charge in [-0.25, -0.2) is 0 Å². The van der Waals surface area contributed by atoms with E-state index in [4.69, 9.17) is 23.7 Å². The summed E-state index contributed by atoms with van der Waals surface area (Å²) in [7, 11) is 0. The van der Waals surface area contributed by atoms with Crippen molar-refractivity contribution < 1.29 is 23.7 Å². The largest absolute Gasteiger partial charge is 0.368 e. The molecular formula is C30H58O5. The molecule has 0 aliphatic carbocycles. The molecule has 2 heterocycles. The van der Waals surface area contributed by atoms with Gasteiger partial charge in [-0.3, -0.25) is 0 Å². The van der Waals surface area contributed by atoms with Crippen LogP contribution in [0.3, 0.4) is 0 Å². The van der Waals surface area contributed by atoms with E-state index in [2.05, 4.69) is 13.8 Å². The van der Waals surface area contributed by atoms with E-state index in [9.17, 15) is 0 Å². The van der Waals surface area contributed by atoms with Crippen LogP contribution in [-0.2, 0) is 23.7 Å². The standard InChI is InChI=1S/C30H58O5/c1-3-5-7-9-11-13-15-17-19-21-23-31-29(27-25-33-27)35-30(28-26-34-28)32-24-22-20-18-16-14-12-10-8-6-4-2/h27-30H,3-26H2,1-2H3. The maximum absolute atomic E-state index is 6.19. The monoisotopic (exact) mass is 498 g/mol. The molecule has 5 heteroatoms. The molecule has 0 N–H and O–H groups in total. The van der Waals surface area contributed by atoms with E-state index < -0.39 is 0 Å². The second kappa shape index (κ2) is 21.8. The van der Waals surface area contributed by atoms with Crippen molar-refractivity contribution in [1.82, 2.24) is 0 Å². The fourth-order valence-electron chi connectivity index (χ4n) is 4.60. The molecule has 4 unspecified atom stereocenters. The molecule has 0 aromatic heterocycles. The molecule has 2 rings (SSSR count). The van der Waals surface area contributed by atoms with E-state index in [1.165, 1.54) is 116 Å². The molecule has 0 aromatic rings. The molecule has 35 heavy (non-hydrogen) atoms. The van der Waals surface area contributed by atoms with Crippen molar-refractivity contribution in [1.29, 1.82) is 0 Å². The van der Waals surface area contributed by atoms with Crippen LogP contribution in [0.25, 0.3) is 0 Å². The number of hydrogen-bond donors (Lipinski definition) is 0. The van der Waals surface area contributed by atoms with E-state index in [1.54, 1.807) is 0 Å². The van der Waals surface area contributed by atoms with Crippen LogP contribution in [0.15, 0.2) is 0 Å². The third-order valence-electron chi connectivity index (χ3n) is 7.15. The maximum Gasteiger partial charge on any atom is 0.189 e. The first kappa shape index (κ1) is 31.0. The van der Waals surface area contributed by atoms with Gasteiger partial charge in [-0.2, -0.15) is 0 Å². The number of rotatable bonds is 28. The summed E-state index contributed by atoms with van der Waals surface area (Å²) in [6.45, 7) is 7.47. The number of ether oxygens (including phenoxy) is 5. The molecule has 2 aliphatic heterocycles. The summed E-state index contributed by atoms with van der Waals surface area (Å²) in [6, 6.07) is 0. The number of unbranched alkanes of at least 4 members (excludes halogenated alkanes) is 18. The van der Waals surface area contributed by atoms with Gasteiger partial charge < -0.3 is 23.7 Å². The Morgan fingerprint density at radius 1 is 0.486 bits per heavy atom. The average Bonchev–Trinajstić information content (AvgIpc) is 3.77. The van der Waals surface area contributed by atoms with Gasteiger partial charge in [0, 0.05) is 13.2 Å². The minimum atomic E-state index is -0.324. The molecule has 208 valence electrons. The minimum absolute atomic E-state index is 0.0558. The van der Waals surface area contributed by atoms with Gasteiger partial charge in [0.1, 0.15) is 12.2 Å². The van der Waals surface area contributed by atoms with Crippen molar-refractivity contribution in [3.63, 3.8) is 0 Å². The predicted molar refractivity (Wildman–Crippen MR) is 144 cm³/mol. The third kappa shape index (κ3) is 17.8. The molecular weight excluding hydrogens is 440 g/mol. The predicted octanol–water partition coefficient (Wildman–Crippen LogP) is 8.33. The highest BCUT2D eigenvalue weighted by Crippen LogP contribution is 2.26. The van der Waals surface area contributed by atoms with Crippen LogP contribution in [0.1, 0.15) is 142 Å². The number of epoxide rings is 2. The zero-order valence-electron chi connectivity index (χ0n) is 23.3. The van der Waals surface area contributed by atoms with Gasteiger partial charge in [0.05, 0.1) is 13.2 Å². The van der Waals surface area contributed by atoms with Crippen LogP contribution >= 0.6 is 0 Å². The smallest absolute Gasteiger partial charge is 0.189 e.